The highest BCUT2D eigenvalue weighted by molar-refractivity contribution is 6.30. The maximum atomic E-state index is 14.9. The Bertz CT molecular complexity index is 963. The van der Waals surface area contributed by atoms with E-state index in [0.29, 0.717) is 35.6 Å². The number of fused-ring (bicyclic) bond motifs is 5. The summed E-state index contributed by atoms with van der Waals surface area (Å²) in [5.74, 6) is 0.496. The van der Waals surface area contributed by atoms with Crippen LogP contribution >= 0.6 is 11.6 Å². The van der Waals surface area contributed by atoms with Gasteiger partial charge < -0.3 is 14.7 Å². The molecule has 8 heteroatoms. The molecule has 5 rings (SSSR count). The van der Waals surface area contributed by atoms with Crippen LogP contribution in [0.25, 0.3) is 10.8 Å². The first-order valence-electron chi connectivity index (χ1n) is 9.27. The molecular formula is C19H22ClFN4O2. The smallest absolute Gasteiger partial charge is 0.226 e. The largest absolute Gasteiger partial charge is 0.475 e. The molecule has 0 aliphatic carbocycles. The summed E-state index contributed by atoms with van der Waals surface area (Å²) in [6, 6.07) is 0.296. The van der Waals surface area contributed by atoms with Gasteiger partial charge in [-0.05, 0) is 39.3 Å². The highest BCUT2D eigenvalue weighted by Crippen LogP contribution is 2.47. The number of ether oxygens (including phenoxy) is 1. The number of anilines is 1. The fourth-order valence-electron chi connectivity index (χ4n) is 5.12. The quantitative estimate of drug-likeness (QED) is 0.752. The van der Waals surface area contributed by atoms with E-state index in [9.17, 15) is 9.50 Å². The molecule has 3 aliphatic rings. The molecule has 3 atom stereocenters. The second-order valence-corrected chi connectivity index (χ2v) is 8.38. The summed E-state index contributed by atoms with van der Waals surface area (Å²) in [7, 11) is 2.07. The third-order valence-corrected chi connectivity index (χ3v) is 7.15. The molecule has 2 saturated heterocycles. The molecule has 0 radical (unpaired) electrons. The first-order valence-corrected chi connectivity index (χ1v) is 9.65. The maximum absolute atomic E-state index is 14.9. The Kier molecular flexibility index (Phi) is 3.64. The first-order chi connectivity index (χ1) is 12.9. The minimum absolute atomic E-state index is 0.0611. The van der Waals surface area contributed by atoms with Crippen LogP contribution in [0, 0.1) is 19.7 Å². The van der Waals surface area contributed by atoms with Gasteiger partial charge in [-0.1, -0.05) is 11.6 Å². The van der Waals surface area contributed by atoms with E-state index < -0.39 is 5.82 Å². The summed E-state index contributed by atoms with van der Waals surface area (Å²) in [6.07, 6.45) is 1.90. The number of hydrogen-bond donors (Lipinski definition) is 1. The van der Waals surface area contributed by atoms with E-state index in [2.05, 4.69) is 21.8 Å². The molecule has 0 saturated carbocycles. The van der Waals surface area contributed by atoms with Crippen LogP contribution in [0.15, 0.2) is 0 Å². The molecule has 3 aliphatic heterocycles. The molecule has 27 heavy (non-hydrogen) atoms. The maximum Gasteiger partial charge on any atom is 0.226 e. The van der Waals surface area contributed by atoms with Gasteiger partial charge in [0.15, 0.2) is 11.0 Å². The standard InChI is InChI=1S/C19H22ClFN4O2/c1-9-10(2)22-17-14-13(9)15(21)16(20)23-18(14)27-6-12-11-4-5-19(8-26,24(11)3)7-25(12)17/h11-12,26H,4-8H2,1-3H3/t11-,12+,19+/m0/s1. The number of likely N-dealkylation sites (N-methyl/N-ethyl adjacent to an activating group) is 1. The van der Waals surface area contributed by atoms with Gasteiger partial charge in [0.05, 0.1) is 23.6 Å². The minimum atomic E-state index is -0.532. The van der Waals surface area contributed by atoms with E-state index in [0.717, 1.165) is 24.1 Å². The summed E-state index contributed by atoms with van der Waals surface area (Å²) < 4.78 is 21.0. The van der Waals surface area contributed by atoms with Crippen molar-refractivity contribution in [3.05, 3.63) is 22.2 Å². The van der Waals surface area contributed by atoms with Gasteiger partial charge in [-0.25, -0.2) is 9.37 Å². The van der Waals surface area contributed by atoms with Crippen molar-refractivity contribution in [3.63, 3.8) is 0 Å². The van der Waals surface area contributed by atoms with Crippen molar-refractivity contribution in [1.29, 1.82) is 0 Å². The fourth-order valence-corrected chi connectivity index (χ4v) is 5.30. The lowest BCUT2D eigenvalue weighted by Gasteiger charge is -2.50. The van der Waals surface area contributed by atoms with Gasteiger partial charge in [0, 0.05) is 23.7 Å². The number of hydrogen-bond acceptors (Lipinski definition) is 6. The Labute approximate surface area is 161 Å². The molecule has 5 heterocycles. The summed E-state index contributed by atoms with van der Waals surface area (Å²) >= 11 is 6.07. The van der Waals surface area contributed by atoms with Crippen LogP contribution in [0.4, 0.5) is 10.2 Å². The lowest BCUT2D eigenvalue weighted by molar-refractivity contribution is 0.0283. The molecule has 0 amide bonds. The Balaban J connectivity index is 1.80. The van der Waals surface area contributed by atoms with Gasteiger partial charge in [0.1, 0.15) is 12.4 Å². The van der Waals surface area contributed by atoms with Crippen molar-refractivity contribution >= 4 is 28.2 Å². The molecule has 2 aromatic heterocycles. The lowest BCUT2D eigenvalue weighted by atomic mass is 9.94. The zero-order chi connectivity index (χ0) is 19.1. The SMILES string of the molecule is Cc1nc2c3c(nc(Cl)c(F)c3c1C)OC[C@@H]1[C@@H]3CC[C@](CO)(CN21)N3C. The predicted molar refractivity (Wildman–Crippen MR) is 101 cm³/mol. The molecule has 0 aromatic carbocycles. The molecule has 0 spiro atoms. The van der Waals surface area contributed by atoms with Crippen molar-refractivity contribution in [2.45, 2.75) is 44.3 Å². The minimum Gasteiger partial charge on any atom is -0.475 e. The van der Waals surface area contributed by atoms with Crippen LogP contribution in [0.2, 0.25) is 5.15 Å². The number of pyridine rings is 2. The molecule has 1 N–H and O–H groups in total. The third kappa shape index (κ3) is 2.13. The van der Waals surface area contributed by atoms with Crippen LogP contribution in [-0.4, -0.2) is 64.4 Å². The van der Waals surface area contributed by atoms with Gasteiger partial charge in [0.2, 0.25) is 5.88 Å². The van der Waals surface area contributed by atoms with Crippen molar-refractivity contribution in [2.24, 2.45) is 0 Å². The monoisotopic (exact) mass is 392 g/mol. The highest BCUT2D eigenvalue weighted by Gasteiger charge is 2.55. The summed E-state index contributed by atoms with van der Waals surface area (Å²) in [6.45, 7) is 4.86. The normalized spacial score (nSPS) is 29.6. The van der Waals surface area contributed by atoms with E-state index in [1.165, 1.54) is 0 Å². The van der Waals surface area contributed by atoms with Crippen LogP contribution in [0.1, 0.15) is 24.1 Å². The van der Waals surface area contributed by atoms with Crippen LogP contribution in [-0.2, 0) is 0 Å². The predicted octanol–water partition coefficient (Wildman–Crippen LogP) is 2.45. The number of piperazine rings is 1. The second kappa shape index (κ2) is 5.65. The number of aromatic nitrogens is 2. The second-order valence-electron chi connectivity index (χ2n) is 8.02. The van der Waals surface area contributed by atoms with Crippen molar-refractivity contribution in [1.82, 2.24) is 14.9 Å². The van der Waals surface area contributed by atoms with Gasteiger partial charge in [0.25, 0.3) is 0 Å². The number of halogens is 2. The average Bonchev–Trinajstić information content (AvgIpc) is 2.79. The molecule has 2 bridgehead atoms. The van der Waals surface area contributed by atoms with Gasteiger partial charge in [-0.15, -0.1) is 0 Å². The Hall–Kier alpha value is -1.70. The molecule has 144 valence electrons. The lowest BCUT2D eigenvalue weighted by Crippen LogP contribution is -2.67. The highest BCUT2D eigenvalue weighted by atomic mass is 35.5. The zero-order valence-electron chi connectivity index (χ0n) is 15.6. The van der Waals surface area contributed by atoms with Gasteiger partial charge in [-0.2, -0.15) is 4.98 Å². The van der Waals surface area contributed by atoms with Crippen molar-refractivity contribution in [3.8, 4) is 5.88 Å². The Morgan fingerprint density at radius 2 is 2.07 bits per heavy atom. The van der Waals surface area contributed by atoms with Gasteiger partial charge in [-0.3, -0.25) is 4.90 Å². The average molecular weight is 393 g/mol. The van der Waals surface area contributed by atoms with E-state index in [1.54, 1.807) is 0 Å². The van der Waals surface area contributed by atoms with Gasteiger partial charge >= 0.3 is 0 Å². The molecule has 2 fully saturated rings. The van der Waals surface area contributed by atoms with E-state index in [4.69, 9.17) is 21.3 Å². The molecular weight excluding hydrogens is 371 g/mol. The van der Waals surface area contributed by atoms with E-state index in [-0.39, 0.29) is 29.4 Å². The Morgan fingerprint density at radius 1 is 1.30 bits per heavy atom. The zero-order valence-corrected chi connectivity index (χ0v) is 16.3. The molecule has 6 nitrogen and oxygen atoms in total. The number of aryl methyl sites for hydroxylation is 2. The van der Waals surface area contributed by atoms with Crippen LogP contribution in [0.3, 0.4) is 0 Å². The Morgan fingerprint density at radius 3 is 2.81 bits per heavy atom. The van der Waals surface area contributed by atoms with Crippen molar-refractivity contribution in [2.75, 3.05) is 31.7 Å². The van der Waals surface area contributed by atoms with E-state index >= 15 is 0 Å². The topological polar surface area (TPSA) is 61.7 Å². The fraction of sp³-hybridized carbons (Fsp3) is 0.579. The van der Waals surface area contributed by atoms with Crippen LogP contribution < -0.4 is 9.64 Å². The summed E-state index contributed by atoms with van der Waals surface area (Å²) in [4.78, 5) is 13.5. The number of rotatable bonds is 1. The van der Waals surface area contributed by atoms with Crippen molar-refractivity contribution < 1.29 is 14.2 Å². The third-order valence-electron chi connectivity index (χ3n) is 6.90. The van der Waals surface area contributed by atoms with E-state index in [1.807, 2.05) is 13.8 Å². The number of aliphatic hydroxyl groups is 1. The summed E-state index contributed by atoms with van der Waals surface area (Å²) in [5, 5.41) is 11.0. The number of nitrogens with zero attached hydrogens (tertiary/aromatic N) is 4. The van der Waals surface area contributed by atoms with Crippen LogP contribution in [0.5, 0.6) is 5.88 Å². The number of aliphatic hydroxyl groups excluding tert-OH is 1. The molecule has 0 unspecified atom stereocenters. The molecule has 2 aromatic rings. The summed E-state index contributed by atoms with van der Waals surface area (Å²) in [5.41, 5.74) is 1.19. The first kappa shape index (κ1) is 17.4.